The van der Waals surface area contributed by atoms with Gasteiger partial charge in [0.15, 0.2) is 0 Å². The first-order valence-electron chi connectivity index (χ1n) is 14.6. The Kier molecular flexibility index (Phi) is 11.2. The number of sulfonamides is 1. The maximum absolute atomic E-state index is 13.9. The predicted octanol–water partition coefficient (Wildman–Crippen LogP) is 5.08. The maximum Gasteiger partial charge on any atom is 0.243 e. The highest BCUT2D eigenvalue weighted by Crippen LogP contribution is 2.25. The minimum atomic E-state index is -3.64. The van der Waals surface area contributed by atoms with Crippen LogP contribution in [-0.4, -0.2) is 57.1 Å². The molecule has 43 heavy (non-hydrogen) atoms. The minimum absolute atomic E-state index is 0.0131. The topological polar surface area (TPSA) is 96.0 Å². The molecule has 1 fully saturated rings. The molecule has 1 atom stereocenters. The highest BCUT2D eigenvalue weighted by molar-refractivity contribution is 7.92. The molecule has 3 aromatic rings. The van der Waals surface area contributed by atoms with Gasteiger partial charge in [-0.05, 0) is 54.7 Å². The molecule has 1 aliphatic carbocycles. The van der Waals surface area contributed by atoms with Crippen LogP contribution in [0.2, 0.25) is 0 Å². The molecule has 0 radical (unpaired) electrons. The van der Waals surface area contributed by atoms with Gasteiger partial charge in [0.25, 0.3) is 0 Å². The summed E-state index contributed by atoms with van der Waals surface area (Å²) in [5, 5.41) is 3.16. The fourth-order valence-electron chi connectivity index (χ4n) is 5.48. The van der Waals surface area contributed by atoms with Crippen molar-refractivity contribution in [3.8, 4) is 5.75 Å². The lowest BCUT2D eigenvalue weighted by molar-refractivity contribution is -0.141. The lowest BCUT2D eigenvalue weighted by atomic mass is 10.0. The average molecular weight is 610 g/mol. The van der Waals surface area contributed by atoms with Crippen LogP contribution in [0.3, 0.4) is 0 Å². The summed E-state index contributed by atoms with van der Waals surface area (Å²) in [5.41, 5.74) is 2.04. The van der Waals surface area contributed by atoms with E-state index in [0.29, 0.717) is 23.4 Å². The molecule has 0 aromatic heterocycles. The summed E-state index contributed by atoms with van der Waals surface area (Å²) >= 11 is 0. The van der Waals surface area contributed by atoms with E-state index in [2.05, 4.69) is 5.32 Å². The van der Waals surface area contributed by atoms with E-state index < -0.39 is 16.1 Å². The van der Waals surface area contributed by atoms with E-state index in [-0.39, 0.29) is 49.6 Å². The largest absolute Gasteiger partial charge is 0.497 e. The van der Waals surface area contributed by atoms with Crippen LogP contribution in [0.5, 0.6) is 5.75 Å². The summed E-state index contributed by atoms with van der Waals surface area (Å²) in [6.45, 7) is 0.181. The number of amides is 2. The SMILES string of the molecule is COc1cccc(N(CCCC(=O)N(Cc2ccc(F)cc2)[C@H](Cc2ccccc2)C(=O)NC2CCCC2)S(C)(=O)=O)c1. The second-order valence-electron chi connectivity index (χ2n) is 11.0. The molecule has 0 spiro atoms. The first-order chi connectivity index (χ1) is 20.6. The number of hydrogen-bond acceptors (Lipinski definition) is 5. The Morgan fingerprint density at radius 3 is 2.33 bits per heavy atom. The quantitative estimate of drug-likeness (QED) is 0.275. The molecule has 3 aromatic carbocycles. The molecule has 1 saturated carbocycles. The van der Waals surface area contributed by atoms with Gasteiger partial charge in [-0.2, -0.15) is 0 Å². The third-order valence-corrected chi connectivity index (χ3v) is 8.93. The van der Waals surface area contributed by atoms with Crippen LogP contribution in [0.4, 0.5) is 10.1 Å². The number of carbonyl (C=O) groups excluding carboxylic acids is 2. The number of benzene rings is 3. The monoisotopic (exact) mass is 609 g/mol. The molecule has 1 N–H and O–H groups in total. The van der Waals surface area contributed by atoms with Crippen molar-refractivity contribution in [1.82, 2.24) is 10.2 Å². The number of nitrogens with zero attached hydrogens (tertiary/aromatic N) is 2. The van der Waals surface area contributed by atoms with E-state index in [0.717, 1.165) is 37.5 Å². The van der Waals surface area contributed by atoms with E-state index in [9.17, 15) is 22.4 Å². The molecule has 1 aliphatic rings. The molecule has 8 nitrogen and oxygen atoms in total. The van der Waals surface area contributed by atoms with Gasteiger partial charge in [-0.15, -0.1) is 0 Å². The third-order valence-electron chi connectivity index (χ3n) is 7.73. The predicted molar refractivity (Wildman–Crippen MR) is 166 cm³/mol. The lowest BCUT2D eigenvalue weighted by Crippen LogP contribution is -2.52. The van der Waals surface area contributed by atoms with E-state index in [1.165, 1.54) is 23.5 Å². The Morgan fingerprint density at radius 2 is 1.67 bits per heavy atom. The van der Waals surface area contributed by atoms with E-state index in [1.54, 1.807) is 41.3 Å². The van der Waals surface area contributed by atoms with E-state index in [4.69, 9.17) is 4.74 Å². The van der Waals surface area contributed by atoms with Gasteiger partial charge in [0.1, 0.15) is 17.6 Å². The van der Waals surface area contributed by atoms with Crippen molar-refractivity contribution < 1.29 is 27.1 Å². The van der Waals surface area contributed by atoms with Crippen molar-refractivity contribution >= 4 is 27.5 Å². The lowest BCUT2D eigenvalue weighted by Gasteiger charge is -2.33. The Bertz CT molecular complexity index is 1460. The second-order valence-corrected chi connectivity index (χ2v) is 12.9. The fraction of sp³-hybridized carbons (Fsp3) is 0.394. The second kappa shape index (κ2) is 15.0. The van der Waals surface area contributed by atoms with Crippen molar-refractivity contribution in [2.24, 2.45) is 0 Å². The highest BCUT2D eigenvalue weighted by atomic mass is 32.2. The summed E-state index contributed by atoms with van der Waals surface area (Å²) in [6.07, 6.45) is 5.59. The molecule has 230 valence electrons. The molecule has 0 bridgehead atoms. The number of carbonyl (C=O) groups is 2. The fourth-order valence-corrected chi connectivity index (χ4v) is 6.43. The molecule has 10 heteroatoms. The molecule has 0 unspecified atom stereocenters. The van der Waals surface area contributed by atoms with E-state index in [1.807, 2.05) is 30.3 Å². The zero-order valence-corrected chi connectivity index (χ0v) is 25.6. The Balaban J connectivity index is 1.58. The Labute approximate surface area is 253 Å². The molecule has 4 rings (SSSR count). The van der Waals surface area contributed by atoms with Crippen molar-refractivity contribution in [2.45, 2.75) is 63.6 Å². The van der Waals surface area contributed by atoms with Crippen molar-refractivity contribution in [1.29, 1.82) is 0 Å². The number of nitrogens with one attached hydrogen (secondary N) is 1. The standard InChI is InChI=1S/C33H40FN3O5S/c1-42-30-15-8-14-29(23-30)37(43(2,40)41)21-9-16-32(38)36(24-26-17-19-27(34)20-18-26)31(22-25-10-4-3-5-11-25)33(39)35-28-12-6-7-13-28/h3-5,8,10-11,14-15,17-20,23,28,31H,6-7,9,12-13,16,21-22,24H2,1-2H3,(H,35,39)/t31-/m1/s1. The Hall–Kier alpha value is -3.92. The van der Waals surface area contributed by atoms with Gasteiger partial charge in [-0.3, -0.25) is 13.9 Å². The van der Waals surface area contributed by atoms with Crippen LogP contribution in [0, 0.1) is 5.82 Å². The van der Waals surface area contributed by atoms with Gasteiger partial charge in [-0.1, -0.05) is 61.4 Å². The molecule has 0 heterocycles. The zero-order chi connectivity index (χ0) is 30.8. The van der Waals surface area contributed by atoms with Crippen LogP contribution in [-0.2, 0) is 32.6 Å². The number of rotatable bonds is 14. The van der Waals surface area contributed by atoms with Crippen LogP contribution >= 0.6 is 0 Å². The summed E-state index contributed by atoms with van der Waals surface area (Å²) in [7, 11) is -2.14. The van der Waals surface area contributed by atoms with Crippen LogP contribution in [0.1, 0.15) is 49.7 Å². The van der Waals surface area contributed by atoms with Crippen molar-refractivity contribution in [2.75, 3.05) is 24.2 Å². The number of methoxy groups -OCH3 is 1. The van der Waals surface area contributed by atoms with Crippen LogP contribution in [0.15, 0.2) is 78.9 Å². The molecular formula is C33H40FN3O5S. The summed E-state index contributed by atoms with van der Waals surface area (Å²) in [5.74, 6) is -0.379. The normalized spacial score (nSPS) is 14.2. The minimum Gasteiger partial charge on any atom is -0.497 e. The number of anilines is 1. The first kappa shape index (κ1) is 32.0. The number of ether oxygens (including phenoxy) is 1. The summed E-state index contributed by atoms with van der Waals surface area (Å²) in [6, 6.07) is 21.4. The molecule has 2 amide bonds. The first-order valence-corrected chi connectivity index (χ1v) is 16.5. The van der Waals surface area contributed by atoms with Gasteiger partial charge < -0.3 is 15.0 Å². The molecule has 0 saturated heterocycles. The number of hydrogen-bond donors (Lipinski definition) is 1. The van der Waals surface area contributed by atoms with Crippen molar-refractivity contribution in [3.05, 3.63) is 95.8 Å². The van der Waals surface area contributed by atoms with Gasteiger partial charge in [0.05, 0.1) is 19.1 Å². The maximum atomic E-state index is 13.9. The van der Waals surface area contributed by atoms with Crippen LogP contribution < -0.4 is 14.4 Å². The van der Waals surface area contributed by atoms with Gasteiger partial charge in [0.2, 0.25) is 21.8 Å². The average Bonchev–Trinajstić information content (AvgIpc) is 3.51. The molecular weight excluding hydrogens is 569 g/mol. The van der Waals surface area contributed by atoms with Crippen molar-refractivity contribution in [3.63, 3.8) is 0 Å². The number of halogens is 1. The zero-order valence-electron chi connectivity index (χ0n) is 24.7. The molecule has 0 aliphatic heterocycles. The summed E-state index contributed by atoms with van der Waals surface area (Å²) in [4.78, 5) is 29.3. The summed E-state index contributed by atoms with van der Waals surface area (Å²) < 4.78 is 45.6. The highest BCUT2D eigenvalue weighted by Gasteiger charge is 2.32. The van der Waals surface area contributed by atoms with Gasteiger partial charge in [-0.25, -0.2) is 12.8 Å². The van der Waals surface area contributed by atoms with E-state index >= 15 is 0 Å². The van der Waals surface area contributed by atoms with Gasteiger partial charge in [0, 0.05) is 38.0 Å². The Morgan fingerprint density at radius 1 is 0.977 bits per heavy atom. The smallest absolute Gasteiger partial charge is 0.243 e. The van der Waals surface area contributed by atoms with Crippen LogP contribution in [0.25, 0.3) is 0 Å². The third kappa shape index (κ3) is 9.28. The van der Waals surface area contributed by atoms with Gasteiger partial charge >= 0.3 is 0 Å².